The molecule has 0 aliphatic heterocycles. The van der Waals surface area contributed by atoms with Gasteiger partial charge in [-0.2, -0.15) is 0 Å². The third kappa shape index (κ3) is 2.67. The molecule has 0 saturated heterocycles. The number of aryl methyl sites for hydroxylation is 1. The van der Waals surface area contributed by atoms with Crippen molar-refractivity contribution < 1.29 is 9.32 Å². The van der Waals surface area contributed by atoms with Gasteiger partial charge < -0.3 is 14.4 Å². The first-order chi connectivity index (χ1) is 9.00. The summed E-state index contributed by atoms with van der Waals surface area (Å²) in [4.78, 5) is 21.2. The van der Waals surface area contributed by atoms with Crippen molar-refractivity contribution >= 4 is 5.91 Å². The molecule has 0 radical (unpaired) electrons. The maximum Gasteiger partial charge on any atom is 0.259 e. The lowest BCUT2D eigenvalue weighted by Gasteiger charge is -2.16. The fraction of sp³-hybridized carbons (Fsp3) is 0.462. The SMILES string of the molecule is Cc1noc(C(C)C)c1C(=O)N(C)Cc1ncc[nH]1. The van der Waals surface area contributed by atoms with Gasteiger partial charge in [0.05, 0.1) is 12.2 Å². The average molecular weight is 262 g/mol. The maximum absolute atomic E-state index is 12.5. The van der Waals surface area contributed by atoms with E-state index in [1.54, 1.807) is 31.3 Å². The van der Waals surface area contributed by atoms with Gasteiger partial charge in [0, 0.05) is 25.4 Å². The Morgan fingerprint density at radius 1 is 1.53 bits per heavy atom. The minimum Gasteiger partial charge on any atom is -0.360 e. The summed E-state index contributed by atoms with van der Waals surface area (Å²) in [6.07, 6.45) is 3.40. The van der Waals surface area contributed by atoms with Crippen LogP contribution in [-0.4, -0.2) is 33.0 Å². The molecule has 0 aliphatic rings. The van der Waals surface area contributed by atoms with E-state index in [-0.39, 0.29) is 11.8 Å². The summed E-state index contributed by atoms with van der Waals surface area (Å²) in [5, 5.41) is 3.89. The van der Waals surface area contributed by atoms with Crippen LogP contribution in [0.5, 0.6) is 0 Å². The molecule has 0 atom stereocenters. The third-order valence-corrected chi connectivity index (χ3v) is 2.92. The summed E-state index contributed by atoms with van der Waals surface area (Å²) in [6, 6.07) is 0. The van der Waals surface area contributed by atoms with E-state index in [0.717, 1.165) is 5.82 Å². The van der Waals surface area contributed by atoms with Gasteiger partial charge in [0.15, 0.2) is 5.76 Å². The Morgan fingerprint density at radius 2 is 2.26 bits per heavy atom. The van der Waals surface area contributed by atoms with Crippen LogP contribution in [-0.2, 0) is 6.54 Å². The van der Waals surface area contributed by atoms with E-state index in [0.29, 0.717) is 23.6 Å². The van der Waals surface area contributed by atoms with E-state index >= 15 is 0 Å². The van der Waals surface area contributed by atoms with Crippen molar-refractivity contribution in [2.45, 2.75) is 33.2 Å². The number of aromatic amines is 1. The lowest BCUT2D eigenvalue weighted by molar-refractivity contribution is 0.0778. The first-order valence-electron chi connectivity index (χ1n) is 6.20. The third-order valence-electron chi connectivity index (χ3n) is 2.92. The van der Waals surface area contributed by atoms with Crippen LogP contribution in [0, 0.1) is 6.92 Å². The Kier molecular flexibility index (Phi) is 3.69. The van der Waals surface area contributed by atoms with Gasteiger partial charge in [0.1, 0.15) is 11.4 Å². The molecule has 0 spiro atoms. The number of imidazole rings is 1. The van der Waals surface area contributed by atoms with Crippen molar-refractivity contribution in [2.75, 3.05) is 7.05 Å². The summed E-state index contributed by atoms with van der Waals surface area (Å²) >= 11 is 0. The zero-order chi connectivity index (χ0) is 14.0. The number of nitrogens with one attached hydrogen (secondary N) is 1. The van der Waals surface area contributed by atoms with Gasteiger partial charge in [-0.1, -0.05) is 19.0 Å². The van der Waals surface area contributed by atoms with Crippen LogP contribution in [0.3, 0.4) is 0 Å². The fourth-order valence-electron chi connectivity index (χ4n) is 1.91. The van der Waals surface area contributed by atoms with Crippen molar-refractivity contribution in [1.82, 2.24) is 20.0 Å². The lowest BCUT2D eigenvalue weighted by atomic mass is 10.0. The molecule has 6 heteroatoms. The molecule has 2 aromatic heterocycles. The average Bonchev–Trinajstić information content (AvgIpc) is 2.97. The Morgan fingerprint density at radius 3 is 2.84 bits per heavy atom. The van der Waals surface area contributed by atoms with Gasteiger partial charge in [0.2, 0.25) is 0 Å². The van der Waals surface area contributed by atoms with Crippen LogP contribution in [0.2, 0.25) is 0 Å². The molecule has 1 amide bonds. The molecule has 2 aromatic rings. The molecule has 0 unspecified atom stereocenters. The quantitative estimate of drug-likeness (QED) is 0.915. The Balaban J connectivity index is 2.21. The van der Waals surface area contributed by atoms with Gasteiger partial charge in [-0.05, 0) is 6.92 Å². The van der Waals surface area contributed by atoms with Crippen LogP contribution >= 0.6 is 0 Å². The fourth-order valence-corrected chi connectivity index (χ4v) is 1.91. The molecular formula is C13H18N4O2. The van der Waals surface area contributed by atoms with Crippen molar-refractivity contribution in [3.63, 3.8) is 0 Å². The molecule has 0 aliphatic carbocycles. The van der Waals surface area contributed by atoms with Crippen LogP contribution in [0.25, 0.3) is 0 Å². The summed E-state index contributed by atoms with van der Waals surface area (Å²) in [5.74, 6) is 1.40. The van der Waals surface area contributed by atoms with Gasteiger partial charge in [-0.15, -0.1) is 0 Å². The van der Waals surface area contributed by atoms with Crippen molar-refractivity contribution in [2.24, 2.45) is 0 Å². The highest BCUT2D eigenvalue weighted by Crippen LogP contribution is 2.23. The second-order valence-electron chi connectivity index (χ2n) is 4.86. The van der Waals surface area contributed by atoms with Gasteiger partial charge in [-0.3, -0.25) is 4.79 Å². The largest absolute Gasteiger partial charge is 0.360 e. The number of aromatic nitrogens is 3. The monoisotopic (exact) mass is 262 g/mol. The van der Waals surface area contributed by atoms with E-state index < -0.39 is 0 Å². The number of H-pyrrole nitrogens is 1. The standard InChI is InChI=1S/C13H18N4O2/c1-8(2)12-11(9(3)16-19-12)13(18)17(4)7-10-14-5-6-15-10/h5-6,8H,7H2,1-4H3,(H,14,15). The molecular weight excluding hydrogens is 244 g/mol. The van der Waals surface area contributed by atoms with Gasteiger partial charge >= 0.3 is 0 Å². The topological polar surface area (TPSA) is 75.0 Å². The predicted octanol–water partition coefficient (Wildman–Crippen LogP) is 2.10. The van der Waals surface area contributed by atoms with Crippen molar-refractivity contribution in [1.29, 1.82) is 0 Å². The smallest absolute Gasteiger partial charge is 0.259 e. The van der Waals surface area contributed by atoms with Crippen LogP contribution < -0.4 is 0 Å². The van der Waals surface area contributed by atoms with E-state index in [9.17, 15) is 4.79 Å². The summed E-state index contributed by atoms with van der Waals surface area (Å²) in [6.45, 7) is 6.16. The van der Waals surface area contributed by atoms with E-state index in [1.165, 1.54) is 0 Å². The van der Waals surface area contributed by atoms with Crippen molar-refractivity contribution in [3.05, 3.63) is 35.2 Å². The minimum atomic E-state index is -0.0983. The number of carbonyl (C=O) groups is 1. The molecule has 0 bridgehead atoms. The number of carbonyl (C=O) groups excluding carboxylic acids is 1. The molecule has 0 saturated carbocycles. The Labute approximate surface area is 111 Å². The second-order valence-corrected chi connectivity index (χ2v) is 4.86. The number of nitrogens with zero attached hydrogens (tertiary/aromatic N) is 3. The highest BCUT2D eigenvalue weighted by Gasteiger charge is 2.25. The van der Waals surface area contributed by atoms with Crippen molar-refractivity contribution in [3.8, 4) is 0 Å². The van der Waals surface area contributed by atoms with Crippen LogP contribution in [0.1, 0.15) is 47.4 Å². The summed E-state index contributed by atoms with van der Waals surface area (Å²) in [7, 11) is 1.74. The summed E-state index contributed by atoms with van der Waals surface area (Å²) < 4.78 is 5.24. The molecule has 0 aromatic carbocycles. The molecule has 102 valence electrons. The normalized spacial score (nSPS) is 11.0. The molecule has 1 N–H and O–H groups in total. The lowest BCUT2D eigenvalue weighted by Crippen LogP contribution is -2.28. The maximum atomic E-state index is 12.5. The molecule has 2 heterocycles. The molecule has 19 heavy (non-hydrogen) atoms. The Hall–Kier alpha value is -2.11. The first-order valence-corrected chi connectivity index (χ1v) is 6.20. The van der Waals surface area contributed by atoms with E-state index in [2.05, 4.69) is 15.1 Å². The van der Waals surface area contributed by atoms with Crippen LogP contribution in [0.15, 0.2) is 16.9 Å². The number of amides is 1. The van der Waals surface area contributed by atoms with Gasteiger partial charge in [0.25, 0.3) is 5.91 Å². The predicted molar refractivity (Wildman–Crippen MR) is 69.7 cm³/mol. The summed E-state index contributed by atoms with van der Waals surface area (Å²) in [5.41, 5.74) is 1.18. The van der Waals surface area contributed by atoms with E-state index in [1.807, 2.05) is 13.8 Å². The number of rotatable bonds is 4. The minimum absolute atomic E-state index is 0.0983. The van der Waals surface area contributed by atoms with Gasteiger partial charge in [-0.25, -0.2) is 4.98 Å². The molecule has 2 rings (SSSR count). The first kappa shape index (κ1) is 13.3. The Bertz CT molecular complexity index is 557. The number of hydrogen-bond donors (Lipinski definition) is 1. The number of hydrogen-bond acceptors (Lipinski definition) is 4. The van der Waals surface area contributed by atoms with E-state index in [4.69, 9.17) is 4.52 Å². The zero-order valence-corrected chi connectivity index (χ0v) is 11.6. The molecule has 0 fully saturated rings. The highest BCUT2D eigenvalue weighted by atomic mass is 16.5. The zero-order valence-electron chi connectivity index (χ0n) is 11.6. The highest BCUT2D eigenvalue weighted by molar-refractivity contribution is 5.96. The second kappa shape index (κ2) is 5.26. The van der Waals surface area contributed by atoms with Crippen LogP contribution in [0.4, 0.5) is 0 Å². The molecule has 6 nitrogen and oxygen atoms in total.